The third-order valence-corrected chi connectivity index (χ3v) is 6.07. The molecule has 0 unspecified atom stereocenters. The molecule has 1 N–H and O–H groups in total. The summed E-state index contributed by atoms with van der Waals surface area (Å²) >= 11 is 0. The molecule has 0 spiro atoms. The molecule has 0 atom stereocenters. The van der Waals surface area contributed by atoms with Crippen molar-refractivity contribution in [1.82, 2.24) is 25.0 Å². The van der Waals surface area contributed by atoms with E-state index in [1.54, 1.807) is 40.2 Å². The Morgan fingerprint density at radius 2 is 1.84 bits per heavy atom. The van der Waals surface area contributed by atoms with Gasteiger partial charge in [0.2, 0.25) is 0 Å². The van der Waals surface area contributed by atoms with Crippen LogP contribution < -0.4 is 5.32 Å². The van der Waals surface area contributed by atoms with E-state index in [-0.39, 0.29) is 23.6 Å². The van der Waals surface area contributed by atoms with Crippen LogP contribution in [-0.2, 0) is 11.3 Å². The fraction of sp³-hybridized carbons (Fsp3) is 0.385. The van der Waals surface area contributed by atoms with Crippen LogP contribution >= 0.6 is 0 Å². The van der Waals surface area contributed by atoms with E-state index in [0.717, 1.165) is 5.56 Å². The van der Waals surface area contributed by atoms with E-state index >= 15 is 0 Å². The number of carbonyl (C=O) groups excluding carboxylic acids is 2. The number of pyridine rings is 1. The molecule has 37 heavy (non-hydrogen) atoms. The minimum atomic E-state index is -0.581. The van der Waals surface area contributed by atoms with E-state index in [2.05, 4.69) is 15.4 Å². The molecule has 0 bridgehead atoms. The van der Waals surface area contributed by atoms with Crippen molar-refractivity contribution < 1.29 is 19.2 Å². The Morgan fingerprint density at radius 1 is 1.14 bits per heavy atom. The summed E-state index contributed by atoms with van der Waals surface area (Å²) in [7, 11) is 0. The van der Waals surface area contributed by atoms with Crippen LogP contribution in [-0.4, -0.2) is 55.3 Å². The number of rotatable bonds is 6. The first kappa shape index (κ1) is 25.8. The van der Waals surface area contributed by atoms with Gasteiger partial charge in [0.15, 0.2) is 0 Å². The van der Waals surface area contributed by atoms with Crippen LogP contribution in [0.4, 0.5) is 10.5 Å². The molecule has 194 valence electrons. The number of nitro benzene ring substituents is 1. The van der Waals surface area contributed by atoms with E-state index in [0.29, 0.717) is 49.4 Å². The molecule has 1 aliphatic heterocycles. The van der Waals surface area contributed by atoms with Gasteiger partial charge in [0, 0.05) is 50.1 Å². The SMILES string of the molecule is CC(C)(C)OC(=O)N1CCC(c2c(C(=O)NCc3cccnc3)cnn2-c2ccc([N+](=O)[O-])cc2)CC1. The first-order chi connectivity index (χ1) is 17.6. The number of hydrogen-bond donors (Lipinski definition) is 1. The fourth-order valence-corrected chi connectivity index (χ4v) is 4.29. The molecule has 2 aromatic heterocycles. The third kappa shape index (κ3) is 6.29. The van der Waals surface area contributed by atoms with Gasteiger partial charge in [-0.1, -0.05) is 6.07 Å². The van der Waals surface area contributed by atoms with Crippen molar-refractivity contribution in [2.24, 2.45) is 0 Å². The number of piperidine rings is 1. The van der Waals surface area contributed by atoms with Crippen LogP contribution in [0.2, 0.25) is 0 Å². The molecular weight excluding hydrogens is 476 g/mol. The molecule has 3 heterocycles. The maximum absolute atomic E-state index is 13.2. The maximum Gasteiger partial charge on any atom is 0.410 e. The molecule has 1 aromatic carbocycles. The van der Waals surface area contributed by atoms with E-state index in [4.69, 9.17) is 4.74 Å². The van der Waals surface area contributed by atoms with Gasteiger partial charge in [0.05, 0.1) is 28.1 Å². The highest BCUT2D eigenvalue weighted by molar-refractivity contribution is 5.95. The number of hydrogen-bond acceptors (Lipinski definition) is 7. The number of likely N-dealkylation sites (tertiary alicyclic amines) is 1. The quantitative estimate of drug-likeness (QED) is 0.391. The van der Waals surface area contributed by atoms with Gasteiger partial charge in [-0.05, 0) is 57.4 Å². The van der Waals surface area contributed by atoms with Crippen molar-refractivity contribution in [2.45, 2.75) is 51.7 Å². The number of non-ortho nitro benzene ring substituents is 1. The molecule has 1 fully saturated rings. The van der Waals surface area contributed by atoms with E-state index in [1.165, 1.54) is 18.3 Å². The highest BCUT2D eigenvalue weighted by Gasteiger charge is 2.32. The first-order valence-corrected chi connectivity index (χ1v) is 12.1. The van der Waals surface area contributed by atoms with Gasteiger partial charge in [0.25, 0.3) is 11.6 Å². The van der Waals surface area contributed by atoms with Gasteiger partial charge in [-0.2, -0.15) is 5.10 Å². The van der Waals surface area contributed by atoms with Crippen LogP contribution in [0.15, 0.2) is 55.0 Å². The molecule has 11 nitrogen and oxygen atoms in total. The number of aromatic nitrogens is 3. The predicted molar refractivity (Wildman–Crippen MR) is 135 cm³/mol. The summed E-state index contributed by atoms with van der Waals surface area (Å²) in [5.41, 5.74) is 2.01. The number of amides is 2. The fourth-order valence-electron chi connectivity index (χ4n) is 4.29. The second-order valence-corrected chi connectivity index (χ2v) is 9.91. The second kappa shape index (κ2) is 10.8. The predicted octanol–water partition coefficient (Wildman–Crippen LogP) is 4.22. The maximum atomic E-state index is 13.2. The minimum Gasteiger partial charge on any atom is -0.444 e. The number of nitrogens with zero attached hydrogens (tertiary/aromatic N) is 5. The zero-order valence-corrected chi connectivity index (χ0v) is 21.1. The number of nitro groups is 1. The number of ether oxygens (including phenoxy) is 1. The zero-order valence-electron chi connectivity index (χ0n) is 21.1. The van der Waals surface area contributed by atoms with Crippen LogP contribution in [0.1, 0.15) is 61.1 Å². The van der Waals surface area contributed by atoms with E-state index < -0.39 is 10.5 Å². The molecule has 0 aliphatic carbocycles. The number of carbonyl (C=O) groups is 2. The van der Waals surface area contributed by atoms with Crippen LogP contribution in [0.3, 0.4) is 0 Å². The molecule has 2 amide bonds. The van der Waals surface area contributed by atoms with E-state index in [9.17, 15) is 19.7 Å². The number of benzene rings is 1. The smallest absolute Gasteiger partial charge is 0.410 e. The van der Waals surface area contributed by atoms with Crippen molar-refractivity contribution in [3.8, 4) is 5.69 Å². The Kier molecular flexibility index (Phi) is 7.51. The summed E-state index contributed by atoms with van der Waals surface area (Å²) in [4.78, 5) is 42.2. The van der Waals surface area contributed by atoms with Crippen LogP contribution in [0.5, 0.6) is 0 Å². The van der Waals surface area contributed by atoms with Crippen molar-refractivity contribution in [3.63, 3.8) is 0 Å². The zero-order chi connectivity index (χ0) is 26.6. The minimum absolute atomic E-state index is 0.0300. The Hall–Kier alpha value is -4.28. The molecule has 1 saturated heterocycles. The van der Waals surface area contributed by atoms with Crippen molar-refractivity contribution >= 4 is 17.7 Å². The van der Waals surface area contributed by atoms with Gasteiger partial charge in [-0.3, -0.25) is 19.9 Å². The summed E-state index contributed by atoms with van der Waals surface area (Å²) in [5.74, 6) is -0.336. The highest BCUT2D eigenvalue weighted by Crippen LogP contribution is 2.33. The summed E-state index contributed by atoms with van der Waals surface area (Å²) in [5, 5.41) is 18.5. The summed E-state index contributed by atoms with van der Waals surface area (Å²) in [6.45, 7) is 6.75. The Balaban J connectivity index is 1.59. The van der Waals surface area contributed by atoms with Crippen molar-refractivity contribution in [3.05, 3.63) is 81.9 Å². The lowest BCUT2D eigenvalue weighted by atomic mass is 9.91. The molecule has 11 heteroatoms. The Bertz CT molecular complexity index is 1260. The summed E-state index contributed by atoms with van der Waals surface area (Å²) in [6, 6.07) is 9.73. The van der Waals surface area contributed by atoms with Crippen LogP contribution in [0.25, 0.3) is 5.69 Å². The number of nitrogens with one attached hydrogen (secondary N) is 1. The Labute approximate surface area is 214 Å². The van der Waals surface area contributed by atoms with Crippen LogP contribution in [0, 0.1) is 10.1 Å². The Morgan fingerprint density at radius 3 is 2.43 bits per heavy atom. The monoisotopic (exact) mass is 506 g/mol. The molecule has 4 rings (SSSR count). The van der Waals surface area contributed by atoms with Gasteiger partial charge in [-0.15, -0.1) is 0 Å². The molecule has 3 aromatic rings. The van der Waals surface area contributed by atoms with Gasteiger partial charge in [0.1, 0.15) is 5.60 Å². The third-order valence-electron chi connectivity index (χ3n) is 6.07. The lowest BCUT2D eigenvalue weighted by molar-refractivity contribution is -0.384. The summed E-state index contributed by atoms with van der Waals surface area (Å²) in [6.07, 6.45) is 5.75. The molecule has 1 aliphatic rings. The van der Waals surface area contributed by atoms with E-state index in [1.807, 2.05) is 26.8 Å². The molecular formula is C26H30N6O5. The van der Waals surface area contributed by atoms with Gasteiger partial charge in [-0.25, -0.2) is 9.48 Å². The molecule has 0 saturated carbocycles. The highest BCUT2D eigenvalue weighted by atomic mass is 16.6. The average molecular weight is 507 g/mol. The van der Waals surface area contributed by atoms with Gasteiger partial charge < -0.3 is 15.0 Å². The summed E-state index contributed by atoms with van der Waals surface area (Å²) < 4.78 is 7.17. The standard InChI is InChI=1S/C26H30N6O5/c1-26(2,3)37-25(34)30-13-10-19(11-14-30)23-22(24(33)28-16-18-5-4-12-27-15-18)17-29-31(23)20-6-8-21(9-7-20)32(35)36/h4-9,12,15,17,19H,10-11,13-14,16H2,1-3H3,(H,28,33). The largest absolute Gasteiger partial charge is 0.444 e. The lowest BCUT2D eigenvalue weighted by Gasteiger charge is -2.34. The molecule has 0 radical (unpaired) electrons. The van der Waals surface area contributed by atoms with Crippen molar-refractivity contribution in [2.75, 3.05) is 13.1 Å². The van der Waals surface area contributed by atoms with Gasteiger partial charge >= 0.3 is 6.09 Å². The second-order valence-electron chi connectivity index (χ2n) is 9.91. The normalized spacial score (nSPS) is 14.3. The topological polar surface area (TPSA) is 132 Å². The first-order valence-electron chi connectivity index (χ1n) is 12.1. The van der Waals surface area contributed by atoms with Crippen molar-refractivity contribution in [1.29, 1.82) is 0 Å². The lowest BCUT2D eigenvalue weighted by Crippen LogP contribution is -2.41. The average Bonchev–Trinajstić information content (AvgIpc) is 3.32.